The predicted octanol–water partition coefficient (Wildman–Crippen LogP) is 4.77. The van der Waals surface area contributed by atoms with Crippen molar-refractivity contribution in [3.8, 4) is 0 Å². The van der Waals surface area contributed by atoms with Gasteiger partial charge in [-0.3, -0.25) is 0 Å². The minimum atomic E-state index is 0.628. The summed E-state index contributed by atoms with van der Waals surface area (Å²) >= 11 is 0. The lowest BCUT2D eigenvalue weighted by Gasteiger charge is -2.25. The Hall–Kier alpha value is -0.820. The van der Waals surface area contributed by atoms with Crippen molar-refractivity contribution in [3.05, 3.63) is 35.4 Å². The standard InChI is InChI=1S/C19H31N/c1-5-12-20-19(15(4)18-10-11-18)13-16-6-8-17(9-7-16)14(2)3/h6-9,14-15,18-20H,5,10-13H2,1-4H3. The molecule has 0 bridgehead atoms. The van der Waals surface area contributed by atoms with Gasteiger partial charge >= 0.3 is 0 Å². The molecule has 1 aliphatic rings. The van der Waals surface area contributed by atoms with Gasteiger partial charge in [0, 0.05) is 6.04 Å². The second-order valence-corrected chi connectivity index (χ2v) is 6.86. The highest BCUT2D eigenvalue weighted by molar-refractivity contribution is 5.25. The number of hydrogen-bond acceptors (Lipinski definition) is 1. The van der Waals surface area contributed by atoms with E-state index in [1.807, 2.05) is 0 Å². The number of benzene rings is 1. The Balaban J connectivity index is 1.98. The van der Waals surface area contributed by atoms with Crippen LogP contribution < -0.4 is 5.32 Å². The van der Waals surface area contributed by atoms with Crippen molar-refractivity contribution in [2.75, 3.05) is 6.54 Å². The van der Waals surface area contributed by atoms with Crippen molar-refractivity contribution in [3.63, 3.8) is 0 Å². The van der Waals surface area contributed by atoms with Crippen molar-refractivity contribution in [2.24, 2.45) is 11.8 Å². The van der Waals surface area contributed by atoms with Crippen LogP contribution in [0.15, 0.2) is 24.3 Å². The molecule has 2 atom stereocenters. The fraction of sp³-hybridized carbons (Fsp3) is 0.684. The van der Waals surface area contributed by atoms with E-state index >= 15 is 0 Å². The first-order valence-corrected chi connectivity index (χ1v) is 8.44. The maximum Gasteiger partial charge on any atom is 0.0136 e. The highest BCUT2D eigenvalue weighted by Gasteiger charge is 2.32. The molecular formula is C19H31N. The van der Waals surface area contributed by atoms with Crippen LogP contribution in [0, 0.1) is 11.8 Å². The van der Waals surface area contributed by atoms with Gasteiger partial charge in [-0.1, -0.05) is 52.0 Å². The lowest BCUT2D eigenvalue weighted by molar-refractivity contribution is 0.339. The van der Waals surface area contributed by atoms with Crippen molar-refractivity contribution in [2.45, 2.75) is 65.3 Å². The summed E-state index contributed by atoms with van der Waals surface area (Å²) in [6, 6.07) is 9.91. The third kappa shape index (κ3) is 4.34. The molecule has 2 unspecified atom stereocenters. The molecule has 1 aliphatic carbocycles. The van der Waals surface area contributed by atoms with E-state index in [1.54, 1.807) is 0 Å². The van der Waals surface area contributed by atoms with Crippen LogP contribution in [0.25, 0.3) is 0 Å². The summed E-state index contributed by atoms with van der Waals surface area (Å²) in [5.74, 6) is 2.41. The van der Waals surface area contributed by atoms with Gasteiger partial charge in [0.05, 0.1) is 0 Å². The zero-order valence-corrected chi connectivity index (χ0v) is 13.7. The van der Waals surface area contributed by atoms with E-state index in [0.717, 1.165) is 18.4 Å². The van der Waals surface area contributed by atoms with Crippen molar-refractivity contribution in [1.29, 1.82) is 0 Å². The summed E-state index contributed by atoms with van der Waals surface area (Å²) in [6.45, 7) is 10.4. The third-order valence-electron chi connectivity index (χ3n) is 4.76. The quantitative estimate of drug-likeness (QED) is 0.719. The minimum absolute atomic E-state index is 0.628. The molecule has 1 N–H and O–H groups in total. The molecule has 2 rings (SSSR count). The maximum atomic E-state index is 3.78. The Labute approximate surface area is 125 Å². The number of hydrogen-bond donors (Lipinski definition) is 1. The predicted molar refractivity (Wildman–Crippen MR) is 88.2 cm³/mol. The van der Waals surface area contributed by atoms with Crippen LogP contribution in [0.2, 0.25) is 0 Å². The molecule has 0 aromatic heterocycles. The van der Waals surface area contributed by atoms with Gasteiger partial charge in [0.2, 0.25) is 0 Å². The van der Waals surface area contributed by atoms with E-state index in [1.165, 1.54) is 36.8 Å². The maximum absolute atomic E-state index is 3.78. The lowest BCUT2D eigenvalue weighted by atomic mass is 9.90. The molecule has 112 valence electrons. The molecule has 1 heteroatoms. The molecule has 1 aromatic rings. The van der Waals surface area contributed by atoms with Gasteiger partial charge in [-0.25, -0.2) is 0 Å². The Morgan fingerprint density at radius 1 is 1.10 bits per heavy atom. The molecule has 0 spiro atoms. The lowest BCUT2D eigenvalue weighted by Crippen LogP contribution is -2.38. The van der Waals surface area contributed by atoms with E-state index in [2.05, 4.69) is 57.3 Å². The molecule has 0 saturated heterocycles. The SMILES string of the molecule is CCCNC(Cc1ccc(C(C)C)cc1)C(C)C1CC1. The normalized spacial score (nSPS) is 18.2. The first kappa shape index (κ1) is 15.6. The van der Waals surface area contributed by atoms with Gasteiger partial charge in [0.25, 0.3) is 0 Å². The monoisotopic (exact) mass is 273 g/mol. The summed E-state index contributed by atoms with van der Waals surface area (Å²) < 4.78 is 0. The van der Waals surface area contributed by atoms with Gasteiger partial charge in [-0.05, 0) is 61.1 Å². The molecule has 0 heterocycles. The minimum Gasteiger partial charge on any atom is -0.313 e. The molecule has 1 nitrogen and oxygen atoms in total. The summed E-state index contributed by atoms with van der Waals surface area (Å²) in [6.07, 6.45) is 5.28. The topological polar surface area (TPSA) is 12.0 Å². The molecule has 0 aliphatic heterocycles. The molecule has 1 fully saturated rings. The zero-order chi connectivity index (χ0) is 14.5. The third-order valence-corrected chi connectivity index (χ3v) is 4.76. The number of rotatable bonds is 8. The smallest absolute Gasteiger partial charge is 0.0136 e. The van der Waals surface area contributed by atoms with Crippen LogP contribution in [-0.2, 0) is 6.42 Å². The Morgan fingerprint density at radius 2 is 1.75 bits per heavy atom. The molecule has 0 amide bonds. The van der Waals surface area contributed by atoms with Crippen LogP contribution >= 0.6 is 0 Å². The van der Waals surface area contributed by atoms with Crippen molar-refractivity contribution in [1.82, 2.24) is 5.32 Å². The summed E-state index contributed by atoms with van der Waals surface area (Å²) in [5, 5.41) is 3.78. The zero-order valence-electron chi connectivity index (χ0n) is 13.7. The summed E-state index contributed by atoms with van der Waals surface area (Å²) in [4.78, 5) is 0. The van der Waals surface area contributed by atoms with E-state index in [9.17, 15) is 0 Å². The van der Waals surface area contributed by atoms with Crippen LogP contribution in [0.4, 0.5) is 0 Å². The number of nitrogens with one attached hydrogen (secondary N) is 1. The Kier molecular flexibility index (Phi) is 5.65. The molecule has 1 saturated carbocycles. The second kappa shape index (κ2) is 7.26. The summed E-state index contributed by atoms with van der Waals surface area (Å²) in [7, 11) is 0. The molecule has 20 heavy (non-hydrogen) atoms. The van der Waals surface area contributed by atoms with Crippen molar-refractivity contribution < 1.29 is 0 Å². The first-order valence-electron chi connectivity index (χ1n) is 8.44. The average Bonchev–Trinajstić information content (AvgIpc) is 3.27. The largest absolute Gasteiger partial charge is 0.313 e. The highest BCUT2D eigenvalue weighted by Crippen LogP contribution is 2.38. The van der Waals surface area contributed by atoms with Gasteiger partial charge in [0.15, 0.2) is 0 Å². The van der Waals surface area contributed by atoms with Crippen LogP contribution in [0.5, 0.6) is 0 Å². The second-order valence-electron chi connectivity index (χ2n) is 6.86. The van der Waals surface area contributed by atoms with Crippen LogP contribution in [0.3, 0.4) is 0 Å². The van der Waals surface area contributed by atoms with E-state index in [4.69, 9.17) is 0 Å². The summed E-state index contributed by atoms with van der Waals surface area (Å²) in [5.41, 5.74) is 2.93. The fourth-order valence-electron chi connectivity index (χ4n) is 3.02. The van der Waals surface area contributed by atoms with Gasteiger partial charge in [-0.2, -0.15) is 0 Å². The highest BCUT2D eigenvalue weighted by atomic mass is 14.9. The van der Waals surface area contributed by atoms with Crippen LogP contribution in [0.1, 0.15) is 64.0 Å². The van der Waals surface area contributed by atoms with Gasteiger partial charge < -0.3 is 5.32 Å². The molecular weight excluding hydrogens is 242 g/mol. The van der Waals surface area contributed by atoms with Gasteiger partial charge in [0.1, 0.15) is 0 Å². The molecule has 1 aromatic carbocycles. The molecule has 0 radical (unpaired) electrons. The van der Waals surface area contributed by atoms with E-state index < -0.39 is 0 Å². The van der Waals surface area contributed by atoms with E-state index in [-0.39, 0.29) is 0 Å². The van der Waals surface area contributed by atoms with Crippen molar-refractivity contribution >= 4 is 0 Å². The van der Waals surface area contributed by atoms with Gasteiger partial charge in [-0.15, -0.1) is 0 Å². The Bertz CT molecular complexity index is 389. The average molecular weight is 273 g/mol. The first-order chi connectivity index (χ1) is 9.61. The fourth-order valence-corrected chi connectivity index (χ4v) is 3.02. The van der Waals surface area contributed by atoms with Crippen LogP contribution in [-0.4, -0.2) is 12.6 Å². The Morgan fingerprint density at radius 3 is 2.25 bits per heavy atom. The van der Waals surface area contributed by atoms with E-state index in [0.29, 0.717) is 12.0 Å².